The molecule has 1 fully saturated rings. The first kappa shape index (κ1) is 18.9. The first-order chi connectivity index (χ1) is 13.2. The van der Waals surface area contributed by atoms with Crippen LogP contribution >= 0.6 is 0 Å². The van der Waals surface area contributed by atoms with E-state index in [9.17, 15) is 9.59 Å². The minimum Gasteiger partial charge on any atom is -0.447 e. The zero-order valence-electron chi connectivity index (χ0n) is 15.1. The van der Waals surface area contributed by atoms with Gasteiger partial charge in [-0.25, -0.2) is 9.69 Å². The van der Waals surface area contributed by atoms with E-state index in [2.05, 4.69) is 6.58 Å². The fourth-order valence-electron chi connectivity index (χ4n) is 3.08. The molecule has 2 aromatic carbocycles. The summed E-state index contributed by atoms with van der Waals surface area (Å²) in [4.78, 5) is 26.4. The molecular weight excluding hydrogens is 342 g/mol. The normalized spacial score (nSPS) is 17.4. The van der Waals surface area contributed by atoms with E-state index in [-0.39, 0.29) is 25.2 Å². The van der Waals surface area contributed by atoms with Gasteiger partial charge in [0, 0.05) is 6.42 Å². The molecule has 3 rings (SSSR count). The highest BCUT2D eigenvalue weighted by molar-refractivity contribution is 5.96. The summed E-state index contributed by atoms with van der Waals surface area (Å²) < 4.78 is 11.0. The highest BCUT2D eigenvalue weighted by Gasteiger charge is 2.40. The number of imide groups is 1. The summed E-state index contributed by atoms with van der Waals surface area (Å²) in [5.74, 6) is -0.380. The van der Waals surface area contributed by atoms with Gasteiger partial charge in [-0.3, -0.25) is 4.79 Å². The average Bonchev–Trinajstić information content (AvgIpc) is 3.06. The Balaban J connectivity index is 1.70. The van der Waals surface area contributed by atoms with Gasteiger partial charge in [-0.15, -0.1) is 6.58 Å². The third-order valence-corrected chi connectivity index (χ3v) is 4.46. The molecule has 2 atom stereocenters. The molecule has 140 valence electrons. The van der Waals surface area contributed by atoms with Crippen molar-refractivity contribution in [3.63, 3.8) is 0 Å². The Hall–Kier alpha value is -2.92. The topological polar surface area (TPSA) is 55.8 Å². The standard InChI is InChI=1S/C22H23NO4/c1-2-9-20(26-15-18-12-7-4-8-13-18)21(24)23-19(16-27-22(23)25)14-17-10-5-3-6-11-17/h2-8,10-13,19-20H,1,9,14-16H2/t19-,20?/m0/s1. The largest absolute Gasteiger partial charge is 0.447 e. The summed E-state index contributed by atoms with van der Waals surface area (Å²) >= 11 is 0. The second kappa shape index (κ2) is 9.14. The predicted octanol–water partition coefficient (Wildman–Crippen LogP) is 3.74. The highest BCUT2D eigenvalue weighted by Crippen LogP contribution is 2.21. The average molecular weight is 365 g/mol. The second-order valence-electron chi connectivity index (χ2n) is 6.44. The minimum atomic E-state index is -0.772. The number of ether oxygens (including phenoxy) is 2. The van der Waals surface area contributed by atoms with Crippen LogP contribution in [0.25, 0.3) is 0 Å². The van der Waals surface area contributed by atoms with Crippen molar-refractivity contribution >= 4 is 12.0 Å². The van der Waals surface area contributed by atoms with Crippen LogP contribution in [0.4, 0.5) is 4.79 Å². The van der Waals surface area contributed by atoms with Crippen molar-refractivity contribution in [1.29, 1.82) is 0 Å². The molecule has 0 saturated carbocycles. The number of carbonyl (C=O) groups is 2. The van der Waals surface area contributed by atoms with Crippen molar-refractivity contribution < 1.29 is 19.1 Å². The van der Waals surface area contributed by atoms with Crippen molar-refractivity contribution in [3.05, 3.63) is 84.4 Å². The molecule has 0 spiro atoms. The van der Waals surface area contributed by atoms with Gasteiger partial charge >= 0.3 is 6.09 Å². The first-order valence-corrected chi connectivity index (χ1v) is 8.99. The van der Waals surface area contributed by atoms with E-state index in [4.69, 9.17) is 9.47 Å². The van der Waals surface area contributed by atoms with Crippen molar-refractivity contribution in [1.82, 2.24) is 4.90 Å². The molecule has 0 bridgehead atoms. The Morgan fingerprint density at radius 3 is 2.41 bits per heavy atom. The number of hydrogen-bond donors (Lipinski definition) is 0. The van der Waals surface area contributed by atoms with Gasteiger partial charge in [-0.05, 0) is 17.5 Å². The maximum atomic E-state index is 13.0. The summed E-state index contributed by atoms with van der Waals surface area (Å²) in [6, 6.07) is 19.0. The molecule has 1 saturated heterocycles. The number of hydrogen-bond acceptors (Lipinski definition) is 4. The smallest absolute Gasteiger partial charge is 0.417 e. The van der Waals surface area contributed by atoms with Crippen molar-refractivity contribution in [2.75, 3.05) is 6.61 Å². The van der Waals surface area contributed by atoms with Crippen LogP contribution in [0.2, 0.25) is 0 Å². The number of amides is 2. The third kappa shape index (κ3) is 4.83. The number of carbonyl (C=O) groups excluding carboxylic acids is 2. The lowest BCUT2D eigenvalue weighted by atomic mass is 10.1. The molecule has 0 aliphatic carbocycles. The lowest BCUT2D eigenvalue weighted by Gasteiger charge is -2.24. The zero-order valence-corrected chi connectivity index (χ0v) is 15.1. The van der Waals surface area contributed by atoms with Crippen molar-refractivity contribution in [3.8, 4) is 0 Å². The molecule has 5 heteroatoms. The molecule has 2 amide bonds. The van der Waals surface area contributed by atoms with E-state index < -0.39 is 12.2 Å². The van der Waals surface area contributed by atoms with Crippen LogP contribution in [0.3, 0.4) is 0 Å². The Morgan fingerprint density at radius 2 is 1.78 bits per heavy atom. The lowest BCUT2D eigenvalue weighted by molar-refractivity contribution is -0.142. The Morgan fingerprint density at radius 1 is 1.15 bits per heavy atom. The van der Waals surface area contributed by atoms with E-state index in [1.807, 2.05) is 60.7 Å². The third-order valence-electron chi connectivity index (χ3n) is 4.46. The summed E-state index contributed by atoms with van der Waals surface area (Å²) in [6.45, 7) is 4.19. The maximum Gasteiger partial charge on any atom is 0.417 e. The maximum absolute atomic E-state index is 13.0. The Kier molecular flexibility index (Phi) is 6.39. The minimum absolute atomic E-state index is 0.193. The van der Waals surface area contributed by atoms with Gasteiger partial charge in [0.2, 0.25) is 0 Å². The molecule has 0 N–H and O–H groups in total. The van der Waals surface area contributed by atoms with E-state index in [1.54, 1.807) is 6.08 Å². The molecule has 1 aliphatic heterocycles. The quantitative estimate of drug-likeness (QED) is 0.669. The summed E-state index contributed by atoms with van der Waals surface area (Å²) in [6.07, 6.45) is 1.12. The van der Waals surface area contributed by atoms with Gasteiger partial charge in [0.1, 0.15) is 12.7 Å². The SMILES string of the molecule is C=CCC(OCc1ccccc1)C(=O)N1C(=O)OC[C@@H]1Cc1ccccc1. The van der Waals surface area contributed by atoms with E-state index in [0.717, 1.165) is 11.1 Å². The van der Waals surface area contributed by atoms with Crippen molar-refractivity contribution in [2.24, 2.45) is 0 Å². The summed E-state index contributed by atoms with van der Waals surface area (Å²) in [5.41, 5.74) is 2.01. The number of rotatable bonds is 8. The van der Waals surface area contributed by atoms with E-state index in [1.165, 1.54) is 4.90 Å². The van der Waals surface area contributed by atoms with Gasteiger partial charge < -0.3 is 9.47 Å². The first-order valence-electron chi connectivity index (χ1n) is 8.99. The van der Waals surface area contributed by atoms with Gasteiger partial charge in [-0.2, -0.15) is 0 Å². The molecule has 5 nitrogen and oxygen atoms in total. The summed E-state index contributed by atoms with van der Waals surface area (Å²) in [7, 11) is 0. The molecule has 2 aromatic rings. The van der Waals surface area contributed by atoms with Gasteiger partial charge in [0.15, 0.2) is 0 Å². The summed E-state index contributed by atoms with van der Waals surface area (Å²) in [5, 5.41) is 0. The van der Waals surface area contributed by atoms with Crippen LogP contribution in [0, 0.1) is 0 Å². The van der Waals surface area contributed by atoms with Crippen molar-refractivity contribution in [2.45, 2.75) is 31.6 Å². The number of cyclic esters (lactones) is 1. The number of benzene rings is 2. The van der Waals surface area contributed by atoms with E-state index >= 15 is 0 Å². The van der Waals surface area contributed by atoms with Gasteiger partial charge in [0.05, 0.1) is 12.6 Å². The van der Waals surface area contributed by atoms with Crippen LogP contribution in [0.5, 0.6) is 0 Å². The molecule has 0 aromatic heterocycles. The lowest BCUT2D eigenvalue weighted by Crippen LogP contribution is -2.46. The Labute approximate surface area is 159 Å². The molecule has 1 unspecified atom stereocenters. The molecular formula is C22H23NO4. The van der Waals surface area contributed by atoms with E-state index in [0.29, 0.717) is 12.8 Å². The molecule has 1 heterocycles. The highest BCUT2D eigenvalue weighted by atomic mass is 16.6. The fraction of sp³-hybridized carbons (Fsp3) is 0.273. The molecule has 27 heavy (non-hydrogen) atoms. The fourth-order valence-corrected chi connectivity index (χ4v) is 3.08. The van der Waals surface area contributed by atoms with Crippen LogP contribution in [-0.4, -0.2) is 35.7 Å². The molecule has 1 aliphatic rings. The predicted molar refractivity (Wildman–Crippen MR) is 102 cm³/mol. The van der Waals surface area contributed by atoms with Crippen LogP contribution in [0.1, 0.15) is 17.5 Å². The van der Waals surface area contributed by atoms with Gasteiger partial charge in [-0.1, -0.05) is 66.7 Å². The zero-order chi connectivity index (χ0) is 19.1. The van der Waals surface area contributed by atoms with Crippen LogP contribution in [-0.2, 0) is 27.3 Å². The van der Waals surface area contributed by atoms with Gasteiger partial charge in [0.25, 0.3) is 5.91 Å². The monoisotopic (exact) mass is 365 g/mol. The van der Waals surface area contributed by atoms with Crippen LogP contribution in [0.15, 0.2) is 73.3 Å². The molecule has 0 radical (unpaired) electrons. The number of nitrogens with zero attached hydrogens (tertiary/aromatic N) is 1. The second-order valence-corrected chi connectivity index (χ2v) is 6.44. The Bertz CT molecular complexity index is 775. The van der Waals surface area contributed by atoms with Crippen LogP contribution < -0.4 is 0 Å².